The van der Waals surface area contributed by atoms with Gasteiger partial charge in [0.25, 0.3) is 0 Å². The van der Waals surface area contributed by atoms with Gasteiger partial charge in [0.15, 0.2) is 0 Å². The fourth-order valence-electron chi connectivity index (χ4n) is 5.74. The van der Waals surface area contributed by atoms with E-state index in [0.717, 1.165) is 30.6 Å². The Labute approximate surface area is 216 Å². The zero-order valence-electron chi connectivity index (χ0n) is 21.0. The van der Waals surface area contributed by atoms with Crippen molar-refractivity contribution in [3.63, 3.8) is 0 Å². The van der Waals surface area contributed by atoms with E-state index in [0.29, 0.717) is 47.0 Å². The molecule has 9 heteroatoms. The lowest BCUT2D eigenvalue weighted by Gasteiger charge is -2.40. The second-order valence-electron chi connectivity index (χ2n) is 10.1. The van der Waals surface area contributed by atoms with Gasteiger partial charge in [-0.2, -0.15) is 11.8 Å². The zero-order valence-corrected chi connectivity index (χ0v) is 21.9. The number of aliphatic hydroxyl groups is 1. The monoisotopic (exact) mass is 519 g/mol. The van der Waals surface area contributed by atoms with Crippen molar-refractivity contribution >= 4 is 28.6 Å². The minimum absolute atomic E-state index is 0.272. The van der Waals surface area contributed by atoms with Gasteiger partial charge in [0.05, 0.1) is 24.1 Å². The van der Waals surface area contributed by atoms with Gasteiger partial charge in [-0.3, -0.25) is 15.0 Å². The van der Waals surface area contributed by atoms with Crippen molar-refractivity contribution in [3.8, 4) is 5.75 Å². The van der Waals surface area contributed by atoms with E-state index in [1.54, 1.807) is 25.3 Å². The first-order valence-corrected chi connectivity index (χ1v) is 14.0. The minimum atomic E-state index is -0.974. The summed E-state index contributed by atoms with van der Waals surface area (Å²) < 4.78 is 19.2. The highest BCUT2D eigenvalue weighted by Crippen LogP contribution is 2.40. The SMILES string of the molecule is COc1ccc2ncc(CF)c(C(O)CCC3(C(=O)NO)CCN(CCSC4CCCC4)CC3)c2c1. The average Bonchev–Trinajstić information content (AvgIpc) is 3.44. The summed E-state index contributed by atoms with van der Waals surface area (Å²) in [6, 6.07) is 5.33. The first-order valence-electron chi connectivity index (χ1n) is 13.0. The van der Waals surface area contributed by atoms with Crippen LogP contribution < -0.4 is 10.2 Å². The molecule has 0 radical (unpaired) electrons. The molecule has 1 saturated carbocycles. The van der Waals surface area contributed by atoms with Crippen LogP contribution in [0.2, 0.25) is 0 Å². The lowest BCUT2D eigenvalue weighted by molar-refractivity contribution is -0.143. The van der Waals surface area contributed by atoms with Gasteiger partial charge in [0.2, 0.25) is 5.91 Å². The number of piperidine rings is 1. The number of alkyl halides is 1. The fourth-order valence-corrected chi connectivity index (χ4v) is 7.10. The molecule has 0 spiro atoms. The van der Waals surface area contributed by atoms with E-state index in [2.05, 4.69) is 21.6 Å². The predicted octanol–water partition coefficient (Wildman–Crippen LogP) is 4.79. The lowest BCUT2D eigenvalue weighted by atomic mass is 9.73. The molecular formula is C27H38FN3O4S. The van der Waals surface area contributed by atoms with Crippen molar-refractivity contribution in [2.45, 2.75) is 69.4 Å². The molecule has 1 aromatic heterocycles. The van der Waals surface area contributed by atoms with Crippen molar-refractivity contribution in [2.75, 3.05) is 32.5 Å². The third kappa shape index (κ3) is 6.13. The maximum absolute atomic E-state index is 13.9. The largest absolute Gasteiger partial charge is 0.497 e. The number of likely N-dealkylation sites (tertiary alicyclic amines) is 1. The molecule has 1 aromatic carbocycles. The molecule has 3 N–H and O–H groups in total. The van der Waals surface area contributed by atoms with Gasteiger partial charge in [0.1, 0.15) is 12.4 Å². The number of amides is 1. The number of rotatable bonds is 11. The molecule has 1 unspecified atom stereocenters. The van der Waals surface area contributed by atoms with Crippen LogP contribution in [0, 0.1) is 5.41 Å². The zero-order chi connectivity index (χ0) is 25.5. The number of ether oxygens (including phenoxy) is 1. The molecule has 1 atom stereocenters. The number of nitrogens with one attached hydrogen (secondary N) is 1. The van der Waals surface area contributed by atoms with Crippen molar-refractivity contribution < 1.29 is 24.2 Å². The van der Waals surface area contributed by atoms with E-state index in [9.17, 15) is 19.5 Å². The Bertz CT molecular complexity index is 1020. The minimum Gasteiger partial charge on any atom is -0.497 e. The number of methoxy groups -OCH3 is 1. The standard InChI is InChI=1S/C27H38FN3O4S/c1-35-20-6-7-23-22(16-20)25(19(17-28)18-29-23)24(32)8-9-27(26(33)30-34)10-12-31(13-11-27)14-15-36-21-4-2-3-5-21/h6-7,16,18,21,24,32,34H,2-5,8-15,17H2,1H3,(H,30,33). The van der Waals surface area contributed by atoms with Gasteiger partial charge >= 0.3 is 0 Å². The molecule has 7 nitrogen and oxygen atoms in total. The topological polar surface area (TPSA) is 94.9 Å². The highest BCUT2D eigenvalue weighted by molar-refractivity contribution is 7.99. The molecule has 1 amide bonds. The normalized spacial score (nSPS) is 19.4. The Morgan fingerprint density at radius 2 is 2.08 bits per heavy atom. The Morgan fingerprint density at radius 1 is 1.33 bits per heavy atom. The molecule has 4 rings (SSSR count). The summed E-state index contributed by atoms with van der Waals surface area (Å²) in [7, 11) is 1.56. The van der Waals surface area contributed by atoms with Crippen LogP contribution in [0.4, 0.5) is 4.39 Å². The van der Waals surface area contributed by atoms with Gasteiger partial charge in [-0.15, -0.1) is 0 Å². The number of aromatic nitrogens is 1. The van der Waals surface area contributed by atoms with E-state index in [1.165, 1.54) is 31.9 Å². The Kier molecular flexibility index (Phi) is 9.44. The maximum Gasteiger partial charge on any atom is 0.249 e. The Morgan fingerprint density at radius 3 is 2.75 bits per heavy atom. The number of hydroxylamine groups is 1. The third-order valence-corrected chi connectivity index (χ3v) is 9.39. The third-order valence-electron chi connectivity index (χ3n) is 8.03. The number of hydrogen-bond donors (Lipinski definition) is 3. The summed E-state index contributed by atoms with van der Waals surface area (Å²) in [5.41, 5.74) is 2.58. The van der Waals surface area contributed by atoms with Crippen LogP contribution in [0.25, 0.3) is 10.9 Å². The number of fused-ring (bicyclic) bond motifs is 1. The lowest BCUT2D eigenvalue weighted by Crippen LogP contribution is -2.48. The van der Waals surface area contributed by atoms with E-state index in [4.69, 9.17) is 4.74 Å². The smallest absolute Gasteiger partial charge is 0.249 e. The van der Waals surface area contributed by atoms with Gasteiger partial charge in [0, 0.05) is 34.7 Å². The number of carbonyl (C=O) groups is 1. The molecule has 2 aromatic rings. The van der Waals surface area contributed by atoms with Crippen molar-refractivity contribution in [2.24, 2.45) is 5.41 Å². The van der Waals surface area contributed by atoms with Crippen LogP contribution in [0.3, 0.4) is 0 Å². The van der Waals surface area contributed by atoms with E-state index >= 15 is 0 Å². The molecule has 2 heterocycles. The number of benzene rings is 1. The first-order chi connectivity index (χ1) is 17.5. The summed E-state index contributed by atoms with van der Waals surface area (Å²) in [5, 5.41) is 22.2. The number of aliphatic hydroxyl groups excluding tert-OH is 1. The van der Waals surface area contributed by atoms with Crippen molar-refractivity contribution in [3.05, 3.63) is 35.5 Å². The summed E-state index contributed by atoms with van der Waals surface area (Å²) in [6.45, 7) is 1.81. The highest BCUT2D eigenvalue weighted by Gasteiger charge is 2.41. The van der Waals surface area contributed by atoms with Crippen molar-refractivity contribution in [1.29, 1.82) is 0 Å². The fraction of sp³-hybridized carbons (Fsp3) is 0.630. The van der Waals surface area contributed by atoms with Crippen LogP contribution in [0.15, 0.2) is 24.4 Å². The molecule has 1 aliphatic carbocycles. The van der Waals surface area contributed by atoms with Crippen LogP contribution in [-0.4, -0.2) is 63.9 Å². The van der Waals surface area contributed by atoms with Gasteiger partial charge < -0.3 is 14.7 Å². The quantitative estimate of drug-likeness (QED) is 0.290. The number of carbonyl (C=O) groups excluding carboxylic acids is 1. The summed E-state index contributed by atoms with van der Waals surface area (Å²) >= 11 is 2.07. The molecule has 1 aliphatic heterocycles. The second-order valence-corrected chi connectivity index (χ2v) is 11.5. The maximum atomic E-state index is 13.9. The summed E-state index contributed by atoms with van der Waals surface area (Å²) in [5.74, 6) is 1.30. The Hall–Kier alpha value is -1.94. The molecule has 36 heavy (non-hydrogen) atoms. The number of pyridine rings is 1. The molecule has 2 aliphatic rings. The highest BCUT2D eigenvalue weighted by atomic mass is 32.2. The number of nitrogens with zero attached hydrogens (tertiary/aromatic N) is 2. The summed E-state index contributed by atoms with van der Waals surface area (Å²) in [4.78, 5) is 19.5. The molecule has 1 saturated heterocycles. The second kappa shape index (κ2) is 12.5. The van der Waals surface area contributed by atoms with Crippen LogP contribution >= 0.6 is 11.8 Å². The molecule has 2 fully saturated rings. The van der Waals surface area contributed by atoms with E-state index < -0.39 is 24.1 Å². The van der Waals surface area contributed by atoms with Crippen LogP contribution in [0.5, 0.6) is 5.75 Å². The van der Waals surface area contributed by atoms with Gasteiger partial charge in [-0.05, 0) is 75.4 Å². The molecule has 0 bridgehead atoms. The summed E-state index contributed by atoms with van der Waals surface area (Å²) in [6.07, 6.45) is 7.74. The number of thioether (sulfide) groups is 1. The molecular weight excluding hydrogens is 481 g/mol. The van der Waals surface area contributed by atoms with Crippen molar-refractivity contribution in [1.82, 2.24) is 15.4 Å². The van der Waals surface area contributed by atoms with Crippen LogP contribution in [0.1, 0.15) is 68.6 Å². The number of hydrogen-bond acceptors (Lipinski definition) is 7. The van der Waals surface area contributed by atoms with Gasteiger partial charge in [-0.25, -0.2) is 9.87 Å². The number of halogens is 1. The predicted molar refractivity (Wildman–Crippen MR) is 140 cm³/mol. The Balaban J connectivity index is 1.42. The first kappa shape index (κ1) is 27.1. The van der Waals surface area contributed by atoms with E-state index in [1.807, 2.05) is 5.48 Å². The van der Waals surface area contributed by atoms with E-state index in [-0.39, 0.29) is 6.42 Å². The van der Waals surface area contributed by atoms with Gasteiger partial charge in [-0.1, -0.05) is 12.8 Å². The average molecular weight is 520 g/mol. The molecule has 198 valence electrons. The van der Waals surface area contributed by atoms with Crippen LogP contribution in [-0.2, 0) is 11.5 Å².